The van der Waals surface area contributed by atoms with E-state index in [0.717, 1.165) is 5.52 Å². The lowest BCUT2D eigenvalue weighted by molar-refractivity contribution is 0.968. The Hall–Kier alpha value is -2.89. The Bertz CT molecular complexity index is 1030. The Morgan fingerprint density at radius 2 is 2.00 bits per heavy atom. The maximum absolute atomic E-state index is 12.1. The lowest BCUT2D eigenvalue weighted by atomic mass is 9.99. The van der Waals surface area contributed by atoms with Crippen molar-refractivity contribution in [1.29, 1.82) is 0 Å². The minimum atomic E-state index is -0.0577. The van der Waals surface area contributed by atoms with Gasteiger partial charge in [0, 0.05) is 23.2 Å². The van der Waals surface area contributed by atoms with Crippen molar-refractivity contribution in [3.8, 4) is 11.5 Å². The van der Waals surface area contributed by atoms with Gasteiger partial charge >= 0.3 is 0 Å². The van der Waals surface area contributed by atoms with Crippen LogP contribution in [0.4, 0.5) is 0 Å². The van der Waals surface area contributed by atoms with Crippen molar-refractivity contribution >= 4 is 29.9 Å². The molecule has 0 fully saturated rings. The van der Waals surface area contributed by atoms with Crippen molar-refractivity contribution in [2.75, 3.05) is 0 Å². The molecule has 0 unspecified atom stereocenters. The third kappa shape index (κ3) is 1.92. The molecule has 98 valence electrons. The average molecular weight is 272 g/mol. The first-order valence-corrected chi connectivity index (χ1v) is 6.45. The zero-order valence-electron chi connectivity index (χ0n) is 10.9. The smallest absolute Gasteiger partial charge is 0.198 e. The molecule has 0 aliphatic heterocycles. The second-order valence-corrected chi connectivity index (χ2v) is 4.79. The van der Waals surface area contributed by atoms with Crippen molar-refractivity contribution in [3.05, 3.63) is 58.9 Å². The van der Waals surface area contributed by atoms with Gasteiger partial charge in [0.1, 0.15) is 7.85 Å². The van der Waals surface area contributed by atoms with Crippen LogP contribution in [0.3, 0.4) is 0 Å². The van der Waals surface area contributed by atoms with Gasteiger partial charge < -0.3 is 4.98 Å². The molecule has 0 spiro atoms. The summed E-state index contributed by atoms with van der Waals surface area (Å²) in [5.74, 6) is 0.462. The molecule has 0 saturated heterocycles. The predicted molar refractivity (Wildman–Crippen MR) is 81.9 cm³/mol. The molecule has 0 saturated carbocycles. The van der Waals surface area contributed by atoms with Gasteiger partial charge in [-0.15, -0.1) is 5.10 Å². The Morgan fingerprint density at radius 1 is 1.14 bits per heavy atom. The molecule has 0 aliphatic carbocycles. The van der Waals surface area contributed by atoms with Crippen molar-refractivity contribution in [1.82, 2.24) is 19.6 Å². The van der Waals surface area contributed by atoms with Crippen molar-refractivity contribution in [2.24, 2.45) is 0 Å². The highest BCUT2D eigenvalue weighted by molar-refractivity contribution is 6.32. The molecule has 1 N–H and O–H groups in total. The van der Waals surface area contributed by atoms with E-state index in [0.29, 0.717) is 28.0 Å². The van der Waals surface area contributed by atoms with E-state index in [9.17, 15) is 4.79 Å². The van der Waals surface area contributed by atoms with Crippen molar-refractivity contribution < 1.29 is 0 Å². The third-order valence-corrected chi connectivity index (χ3v) is 3.33. The second kappa shape index (κ2) is 4.31. The Labute approximate surface area is 120 Å². The number of benzene rings is 1. The number of aromatic nitrogens is 4. The fraction of sp³-hybridized carbons (Fsp3) is 0. The molecule has 1 aromatic carbocycles. The number of hydrogen-bond donors (Lipinski definition) is 1. The monoisotopic (exact) mass is 272 g/mol. The van der Waals surface area contributed by atoms with Gasteiger partial charge in [0.2, 0.25) is 0 Å². The van der Waals surface area contributed by atoms with Crippen LogP contribution >= 0.6 is 0 Å². The number of pyridine rings is 2. The topological polar surface area (TPSA) is 63.0 Å². The summed E-state index contributed by atoms with van der Waals surface area (Å²) in [5, 5.41) is 4.99. The van der Waals surface area contributed by atoms with E-state index in [-0.39, 0.29) is 5.43 Å². The Balaban J connectivity index is 1.97. The molecule has 0 aliphatic rings. The molecule has 4 rings (SSSR count). The number of hydrogen-bond acceptors (Lipinski definition) is 3. The molecule has 0 bridgehead atoms. The summed E-state index contributed by atoms with van der Waals surface area (Å²) in [5.41, 5.74) is 2.57. The molecular weight excluding hydrogens is 263 g/mol. The molecule has 0 amide bonds. The number of aromatic amines is 1. The highest BCUT2D eigenvalue weighted by Gasteiger charge is 2.09. The lowest BCUT2D eigenvalue weighted by Gasteiger charge is -2.00. The summed E-state index contributed by atoms with van der Waals surface area (Å²) in [6, 6.07) is 12.4. The van der Waals surface area contributed by atoms with Crippen LogP contribution in [0.15, 0.2) is 53.5 Å². The largest absolute Gasteiger partial charge is 0.352 e. The Kier molecular flexibility index (Phi) is 2.44. The zero-order chi connectivity index (χ0) is 14.4. The summed E-state index contributed by atoms with van der Waals surface area (Å²) in [6.45, 7) is 0. The minimum Gasteiger partial charge on any atom is -0.352 e. The minimum absolute atomic E-state index is 0.0577. The molecule has 3 aromatic heterocycles. The molecule has 2 radical (unpaired) electrons. The van der Waals surface area contributed by atoms with E-state index in [1.165, 1.54) is 6.07 Å². The van der Waals surface area contributed by atoms with Crippen LogP contribution in [-0.2, 0) is 0 Å². The molecule has 0 atom stereocenters. The van der Waals surface area contributed by atoms with Crippen LogP contribution in [0.2, 0.25) is 0 Å². The fourth-order valence-corrected chi connectivity index (χ4v) is 2.33. The van der Waals surface area contributed by atoms with Crippen LogP contribution in [-0.4, -0.2) is 27.4 Å². The fourth-order valence-electron chi connectivity index (χ4n) is 2.33. The first-order chi connectivity index (χ1) is 10.2. The molecule has 4 aromatic rings. The molecular formula is C15H9BN4O. The molecule has 6 heteroatoms. The van der Waals surface area contributed by atoms with Crippen LogP contribution in [0.5, 0.6) is 0 Å². The SMILES string of the molecule is [B]c1ccc2nc(-c3cc(=O)c4ccccc4[nH]3)nn2c1. The van der Waals surface area contributed by atoms with E-state index >= 15 is 0 Å². The van der Waals surface area contributed by atoms with E-state index in [4.69, 9.17) is 7.85 Å². The van der Waals surface area contributed by atoms with Gasteiger partial charge in [0.25, 0.3) is 0 Å². The van der Waals surface area contributed by atoms with E-state index in [1.54, 1.807) is 28.9 Å². The number of fused-ring (bicyclic) bond motifs is 2. The van der Waals surface area contributed by atoms with Gasteiger partial charge in [-0.1, -0.05) is 23.7 Å². The van der Waals surface area contributed by atoms with Gasteiger partial charge in [0.15, 0.2) is 16.9 Å². The quantitative estimate of drug-likeness (QED) is 0.526. The number of H-pyrrole nitrogens is 1. The van der Waals surface area contributed by atoms with Crippen molar-refractivity contribution in [2.45, 2.75) is 0 Å². The Morgan fingerprint density at radius 3 is 2.90 bits per heavy atom. The highest BCUT2D eigenvalue weighted by Crippen LogP contribution is 2.15. The van der Waals surface area contributed by atoms with Gasteiger partial charge in [-0.2, -0.15) is 0 Å². The first-order valence-electron chi connectivity index (χ1n) is 6.45. The first kappa shape index (κ1) is 11.9. The normalized spacial score (nSPS) is 11.2. The standard InChI is InChI=1S/C15H9BN4O/c16-9-5-6-14-18-15(19-20(14)8-9)12-7-13(21)10-3-1-2-4-11(10)17-12/h1-8H,(H,17,21). The summed E-state index contributed by atoms with van der Waals surface area (Å²) >= 11 is 0. The number of para-hydroxylation sites is 1. The van der Waals surface area contributed by atoms with Crippen LogP contribution in [0, 0.1) is 0 Å². The highest BCUT2D eigenvalue weighted by atomic mass is 16.1. The zero-order valence-corrected chi connectivity index (χ0v) is 10.9. The number of rotatable bonds is 1. The summed E-state index contributed by atoms with van der Waals surface area (Å²) in [7, 11) is 5.72. The molecule has 21 heavy (non-hydrogen) atoms. The van der Waals surface area contributed by atoms with E-state index < -0.39 is 0 Å². The van der Waals surface area contributed by atoms with E-state index in [2.05, 4.69) is 15.1 Å². The average Bonchev–Trinajstić information content (AvgIpc) is 2.90. The maximum Gasteiger partial charge on any atom is 0.198 e. The lowest BCUT2D eigenvalue weighted by Crippen LogP contribution is -2.05. The number of nitrogens with one attached hydrogen (secondary N) is 1. The number of nitrogens with zero attached hydrogens (tertiary/aromatic N) is 3. The second-order valence-electron chi connectivity index (χ2n) is 4.79. The molecule has 3 heterocycles. The van der Waals surface area contributed by atoms with Crippen LogP contribution in [0.1, 0.15) is 0 Å². The summed E-state index contributed by atoms with van der Waals surface area (Å²) in [6.07, 6.45) is 1.69. The third-order valence-electron chi connectivity index (χ3n) is 3.33. The predicted octanol–water partition coefficient (Wildman–Crippen LogP) is 1.03. The van der Waals surface area contributed by atoms with Crippen LogP contribution in [0.25, 0.3) is 28.1 Å². The van der Waals surface area contributed by atoms with Gasteiger partial charge in [0.05, 0.1) is 5.69 Å². The van der Waals surface area contributed by atoms with E-state index in [1.807, 2.05) is 18.2 Å². The molecule has 5 nitrogen and oxygen atoms in total. The summed E-state index contributed by atoms with van der Waals surface area (Å²) < 4.78 is 1.60. The maximum atomic E-state index is 12.1. The van der Waals surface area contributed by atoms with Crippen LogP contribution < -0.4 is 10.9 Å². The van der Waals surface area contributed by atoms with Gasteiger partial charge in [-0.25, -0.2) is 9.50 Å². The summed E-state index contributed by atoms with van der Waals surface area (Å²) in [4.78, 5) is 19.7. The van der Waals surface area contributed by atoms with Gasteiger partial charge in [-0.05, 0) is 18.2 Å². The van der Waals surface area contributed by atoms with Crippen molar-refractivity contribution in [3.63, 3.8) is 0 Å². The van der Waals surface area contributed by atoms with Gasteiger partial charge in [-0.3, -0.25) is 4.79 Å².